The molecule has 0 saturated carbocycles. The largest absolute Gasteiger partial charge is 0.447 e. The molecule has 3 heteroatoms. The molecular formula is C12H13NO2. The van der Waals surface area contributed by atoms with Crippen LogP contribution in [0.2, 0.25) is 0 Å². The molecule has 1 aromatic carbocycles. The predicted molar refractivity (Wildman–Crippen MR) is 58.1 cm³/mol. The Morgan fingerprint density at radius 2 is 2.13 bits per heavy atom. The average molecular weight is 203 g/mol. The van der Waals surface area contributed by atoms with Crippen molar-refractivity contribution in [2.24, 2.45) is 0 Å². The Hall–Kier alpha value is -1.77. The highest BCUT2D eigenvalue weighted by molar-refractivity contribution is 5.74. The van der Waals surface area contributed by atoms with Crippen LogP contribution in [0.3, 0.4) is 0 Å². The Kier molecular flexibility index (Phi) is 2.72. The monoisotopic (exact) mass is 203 g/mol. The summed E-state index contributed by atoms with van der Waals surface area (Å²) in [7, 11) is 0. The van der Waals surface area contributed by atoms with Gasteiger partial charge in [0.05, 0.1) is 6.54 Å². The Bertz CT molecular complexity index is 384. The molecule has 3 nitrogen and oxygen atoms in total. The minimum Gasteiger partial charge on any atom is -0.447 e. The summed E-state index contributed by atoms with van der Waals surface area (Å²) in [5.74, 6) is 0. The van der Waals surface area contributed by atoms with Crippen molar-refractivity contribution in [3.63, 3.8) is 0 Å². The highest BCUT2D eigenvalue weighted by atomic mass is 16.6. The van der Waals surface area contributed by atoms with E-state index in [0.29, 0.717) is 13.2 Å². The number of ether oxygens (including phenoxy) is 1. The zero-order chi connectivity index (χ0) is 10.7. The van der Waals surface area contributed by atoms with Gasteiger partial charge in [-0.1, -0.05) is 30.3 Å². The van der Waals surface area contributed by atoms with Gasteiger partial charge in [-0.25, -0.2) is 4.79 Å². The molecule has 0 N–H and O–H groups in total. The lowest BCUT2D eigenvalue weighted by atomic mass is 10.1. The fourth-order valence-corrected chi connectivity index (χ4v) is 1.53. The van der Waals surface area contributed by atoms with E-state index in [0.717, 1.165) is 11.1 Å². The normalized spacial score (nSPS) is 16.7. The van der Waals surface area contributed by atoms with Crippen molar-refractivity contribution in [1.82, 2.24) is 4.90 Å². The van der Waals surface area contributed by atoms with Gasteiger partial charge in [-0.05, 0) is 18.1 Å². The Morgan fingerprint density at radius 3 is 2.73 bits per heavy atom. The molecule has 0 radical (unpaired) electrons. The molecule has 1 fully saturated rings. The second-order valence-electron chi connectivity index (χ2n) is 3.49. The number of amides is 1. The standard InChI is InChI=1S/C12H13NO2/c1-10(11-5-3-2-4-6-11)9-13-7-8-15-12(13)14/h2-6,9H,7-8H2,1H3/b10-9-. The zero-order valence-corrected chi connectivity index (χ0v) is 8.64. The first-order valence-corrected chi connectivity index (χ1v) is 4.94. The molecule has 1 amide bonds. The summed E-state index contributed by atoms with van der Waals surface area (Å²) in [4.78, 5) is 12.8. The number of allylic oxidation sites excluding steroid dienone is 1. The molecule has 0 aromatic heterocycles. The molecular weight excluding hydrogens is 190 g/mol. The van der Waals surface area contributed by atoms with Gasteiger partial charge in [0.1, 0.15) is 6.61 Å². The maximum Gasteiger partial charge on any atom is 0.413 e. The Balaban J connectivity index is 2.17. The molecule has 1 heterocycles. The number of carbonyl (C=O) groups excluding carboxylic acids is 1. The van der Waals surface area contributed by atoms with E-state index in [1.807, 2.05) is 43.5 Å². The molecule has 0 spiro atoms. The summed E-state index contributed by atoms with van der Waals surface area (Å²) < 4.78 is 4.84. The first-order chi connectivity index (χ1) is 7.27. The van der Waals surface area contributed by atoms with Gasteiger partial charge in [0.15, 0.2) is 0 Å². The minimum atomic E-state index is -0.259. The summed E-state index contributed by atoms with van der Waals surface area (Å²) in [6, 6.07) is 9.98. The van der Waals surface area contributed by atoms with Gasteiger partial charge in [0.2, 0.25) is 0 Å². The van der Waals surface area contributed by atoms with Crippen molar-refractivity contribution in [3.05, 3.63) is 42.1 Å². The van der Waals surface area contributed by atoms with E-state index >= 15 is 0 Å². The number of carbonyl (C=O) groups is 1. The Morgan fingerprint density at radius 1 is 1.40 bits per heavy atom. The van der Waals surface area contributed by atoms with Crippen molar-refractivity contribution >= 4 is 11.7 Å². The third-order valence-electron chi connectivity index (χ3n) is 2.37. The lowest BCUT2D eigenvalue weighted by Gasteiger charge is -2.08. The van der Waals surface area contributed by atoms with Crippen LogP contribution in [-0.2, 0) is 4.74 Å². The van der Waals surface area contributed by atoms with E-state index in [2.05, 4.69) is 0 Å². The fraction of sp³-hybridized carbons (Fsp3) is 0.250. The number of rotatable bonds is 2. The third kappa shape index (κ3) is 2.18. The molecule has 78 valence electrons. The van der Waals surface area contributed by atoms with Crippen LogP contribution in [0.25, 0.3) is 5.57 Å². The average Bonchev–Trinajstić information content (AvgIpc) is 2.66. The van der Waals surface area contributed by atoms with Gasteiger partial charge in [-0.15, -0.1) is 0 Å². The summed E-state index contributed by atoms with van der Waals surface area (Å²) in [6.45, 7) is 3.11. The lowest BCUT2D eigenvalue weighted by Crippen LogP contribution is -2.17. The van der Waals surface area contributed by atoms with Crippen LogP contribution in [0.5, 0.6) is 0 Å². The summed E-state index contributed by atoms with van der Waals surface area (Å²) in [6.07, 6.45) is 1.58. The highest BCUT2D eigenvalue weighted by Gasteiger charge is 2.19. The molecule has 1 aliphatic heterocycles. The number of hydrogen-bond donors (Lipinski definition) is 0. The van der Waals surface area contributed by atoms with Gasteiger partial charge in [-0.2, -0.15) is 0 Å². The maximum atomic E-state index is 11.2. The van der Waals surface area contributed by atoms with Crippen LogP contribution in [0.1, 0.15) is 12.5 Å². The van der Waals surface area contributed by atoms with Crippen LogP contribution < -0.4 is 0 Å². The van der Waals surface area contributed by atoms with Crippen LogP contribution in [0, 0.1) is 0 Å². The Labute approximate surface area is 89.0 Å². The van der Waals surface area contributed by atoms with Gasteiger partial charge < -0.3 is 4.74 Å². The summed E-state index contributed by atoms with van der Waals surface area (Å²) in [5, 5.41) is 0. The molecule has 1 aromatic rings. The second-order valence-corrected chi connectivity index (χ2v) is 3.49. The zero-order valence-electron chi connectivity index (χ0n) is 8.64. The quantitative estimate of drug-likeness (QED) is 0.739. The van der Waals surface area contributed by atoms with Crippen LogP contribution >= 0.6 is 0 Å². The first-order valence-electron chi connectivity index (χ1n) is 4.94. The smallest absolute Gasteiger partial charge is 0.413 e. The SMILES string of the molecule is C/C(=C/N1CCOC1=O)c1ccccc1. The van der Waals surface area contributed by atoms with Crippen molar-refractivity contribution in [2.75, 3.05) is 13.2 Å². The second kappa shape index (κ2) is 4.17. The molecule has 15 heavy (non-hydrogen) atoms. The number of benzene rings is 1. The fourth-order valence-electron chi connectivity index (χ4n) is 1.53. The summed E-state index contributed by atoms with van der Waals surface area (Å²) >= 11 is 0. The van der Waals surface area contributed by atoms with E-state index in [4.69, 9.17) is 4.74 Å². The lowest BCUT2D eigenvalue weighted by molar-refractivity contribution is 0.166. The minimum absolute atomic E-state index is 0.259. The summed E-state index contributed by atoms with van der Waals surface area (Å²) in [5.41, 5.74) is 2.19. The van der Waals surface area contributed by atoms with Crippen LogP contribution in [-0.4, -0.2) is 24.1 Å². The molecule has 0 unspecified atom stereocenters. The highest BCUT2D eigenvalue weighted by Crippen LogP contribution is 2.15. The van der Waals surface area contributed by atoms with Crippen LogP contribution in [0.4, 0.5) is 4.79 Å². The van der Waals surface area contributed by atoms with E-state index in [1.54, 1.807) is 4.90 Å². The maximum absolute atomic E-state index is 11.2. The number of nitrogens with zero attached hydrogens (tertiary/aromatic N) is 1. The third-order valence-corrected chi connectivity index (χ3v) is 2.37. The van der Waals surface area contributed by atoms with E-state index in [1.165, 1.54) is 0 Å². The molecule has 1 aliphatic rings. The van der Waals surface area contributed by atoms with Gasteiger partial charge in [-0.3, -0.25) is 4.90 Å². The van der Waals surface area contributed by atoms with Crippen LogP contribution in [0.15, 0.2) is 36.5 Å². The topological polar surface area (TPSA) is 29.5 Å². The van der Waals surface area contributed by atoms with Gasteiger partial charge in [0.25, 0.3) is 0 Å². The number of hydrogen-bond acceptors (Lipinski definition) is 2. The van der Waals surface area contributed by atoms with E-state index in [9.17, 15) is 4.79 Å². The van der Waals surface area contributed by atoms with Crippen molar-refractivity contribution in [3.8, 4) is 0 Å². The molecule has 0 bridgehead atoms. The predicted octanol–water partition coefficient (Wildman–Crippen LogP) is 2.50. The molecule has 0 atom stereocenters. The number of cyclic esters (lactones) is 1. The van der Waals surface area contributed by atoms with Crippen molar-refractivity contribution in [2.45, 2.75) is 6.92 Å². The van der Waals surface area contributed by atoms with Gasteiger partial charge >= 0.3 is 6.09 Å². The molecule has 1 saturated heterocycles. The molecule has 0 aliphatic carbocycles. The van der Waals surface area contributed by atoms with Crippen molar-refractivity contribution in [1.29, 1.82) is 0 Å². The molecule has 2 rings (SSSR count). The van der Waals surface area contributed by atoms with Gasteiger partial charge in [0, 0.05) is 6.20 Å². The van der Waals surface area contributed by atoms with Crippen molar-refractivity contribution < 1.29 is 9.53 Å². The van der Waals surface area contributed by atoms with E-state index < -0.39 is 0 Å². The first kappa shape index (κ1) is 9.77. The van der Waals surface area contributed by atoms with E-state index in [-0.39, 0.29) is 6.09 Å².